The van der Waals surface area contributed by atoms with Gasteiger partial charge in [-0.05, 0) is 39.8 Å². The van der Waals surface area contributed by atoms with Crippen LogP contribution in [0.5, 0.6) is 0 Å². The molecule has 0 heterocycles. The lowest BCUT2D eigenvalue weighted by Gasteiger charge is -2.36. The highest BCUT2D eigenvalue weighted by Gasteiger charge is 2.40. The second kappa shape index (κ2) is 4.86. The van der Waals surface area contributed by atoms with Crippen molar-refractivity contribution < 1.29 is 9.18 Å². The van der Waals surface area contributed by atoms with Gasteiger partial charge in [-0.2, -0.15) is 0 Å². The molecule has 0 aliphatic carbocycles. The summed E-state index contributed by atoms with van der Waals surface area (Å²) in [6.45, 7) is 6.90. The molecule has 0 bridgehead atoms. The van der Waals surface area contributed by atoms with E-state index in [1.54, 1.807) is 27.7 Å². The van der Waals surface area contributed by atoms with Gasteiger partial charge >= 0.3 is 0 Å². The molecule has 3 N–H and O–H groups in total. The Kier molecular flexibility index (Phi) is 4.03. The second-order valence-electron chi connectivity index (χ2n) is 5.40. The first-order valence-corrected chi connectivity index (χ1v) is 5.99. The van der Waals surface area contributed by atoms with Gasteiger partial charge in [0, 0.05) is 5.54 Å². The molecule has 0 atom stereocenters. The van der Waals surface area contributed by atoms with Crippen LogP contribution in [0.3, 0.4) is 0 Å². The Labute approximate surface area is 112 Å². The highest BCUT2D eigenvalue weighted by molar-refractivity contribution is 6.33. The summed E-state index contributed by atoms with van der Waals surface area (Å²) in [6, 6.07) is 4.23. The van der Waals surface area contributed by atoms with Crippen molar-refractivity contribution in [3.05, 3.63) is 29.0 Å². The third kappa shape index (κ3) is 2.82. The normalized spacial score (nSPS) is 12.4. The molecule has 0 unspecified atom stereocenters. The molecule has 18 heavy (non-hydrogen) atoms. The zero-order valence-electron chi connectivity index (χ0n) is 11.0. The van der Waals surface area contributed by atoms with Gasteiger partial charge in [-0.3, -0.25) is 4.79 Å². The Bertz CT molecular complexity index is 446. The molecule has 0 saturated carbocycles. The maximum atomic E-state index is 13.6. The van der Waals surface area contributed by atoms with Gasteiger partial charge in [-0.1, -0.05) is 17.7 Å². The molecule has 0 spiro atoms. The molecule has 1 rings (SSSR count). The highest BCUT2D eigenvalue weighted by Crippen LogP contribution is 2.32. The van der Waals surface area contributed by atoms with E-state index < -0.39 is 16.8 Å². The third-order valence-electron chi connectivity index (χ3n) is 3.38. The van der Waals surface area contributed by atoms with Crippen molar-refractivity contribution in [1.29, 1.82) is 0 Å². The van der Waals surface area contributed by atoms with Crippen molar-refractivity contribution in [2.45, 2.75) is 33.2 Å². The molecule has 1 aromatic carbocycles. The van der Waals surface area contributed by atoms with E-state index >= 15 is 0 Å². The molecule has 0 saturated heterocycles. The predicted octanol–water partition coefficient (Wildman–Crippen LogP) is 3.18. The van der Waals surface area contributed by atoms with Gasteiger partial charge in [0.05, 0.1) is 16.1 Å². The lowest BCUT2D eigenvalue weighted by molar-refractivity contribution is -0.126. The van der Waals surface area contributed by atoms with E-state index in [0.717, 1.165) is 0 Å². The smallest absolute Gasteiger partial charge is 0.231 e. The topological polar surface area (TPSA) is 55.1 Å². The quantitative estimate of drug-likeness (QED) is 0.888. The Morgan fingerprint density at radius 3 is 2.33 bits per heavy atom. The summed E-state index contributed by atoms with van der Waals surface area (Å²) in [5, 5.41) is 2.66. The van der Waals surface area contributed by atoms with E-state index in [-0.39, 0.29) is 16.6 Å². The molecule has 1 aromatic rings. The van der Waals surface area contributed by atoms with Crippen LogP contribution < -0.4 is 11.1 Å². The Morgan fingerprint density at radius 1 is 1.33 bits per heavy atom. The number of anilines is 1. The average Bonchev–Trinajstić information content (AvgIpc) is 2.21. The molecule has 0 fully saturated rings. The SMILES string of the molecule is CC(C)(N)C(C)(C)C(=O)Nc1c(F)cccc1Cl. The molecule has 0 aromatic heterocycles. The van der Waals surface area contributed by atoms with Crippen molar-refractivity contribution in [3.8, 4) is 0 Å². The molecule has 5 heteroatoms. The molecule has 0 aliphatic rings. The minimum Gasteiger partial charge on any atom is -0.325 e. The zero-order valence-corrected chi connectivity index (χ0v) is 11.7. The maximum absolute atomic E-state index is 13.6. The summed E-state index contributed by atoms with van der Waals surface area (Å²) in [4.78, 5) is 12.2. The van der Waals surface area contributed by atoms with Crippen molar-refractivity contribution in [1.82, 2.24) is 0 Å². The van der Waals surface area contributed by atoms with Crippen LogP contribution in [-0.2, 0) is 4.79 Å². The number of carbonyl (C=O) groups is 1. The molecule has 100 valence electrons. The first kappa shape index (κ1) is 14.9. The van der Waals surface area contributed by atoms with Gasteiger partial charge in [0.1, 0.15) is 5.82 Å². The fourth-order valence-electron chi connectivity index (χ4n) is 1.18. The first-order valence-electron chi connectivity index (χ1n) is 5.61. The van der Waals surface area contributed by atoms with Gasteiger partial charge in [0.25, 0.3) is 0 Å². The number of hydrogen-bond acceptors (Lipinski definition) is 2. The molecule has 3 nitrogen and oxygen atoms in total. The lowest BCUT2D eigenvalue weighted by Crippen LogP contribution is -2.53. The van der Waals surface area contributed by atoms with Crippen LogP contribution in [0.2, 0.25) is 5.02 Å². The number of para-hydroxylation sites is 1. The Morgan fingerprint density at radius 2 is 1.89 bits per heavy atom. The summed E-state index contributed by atoms with van der Waals surface area (Å²) >= 11 is 5.85. The average molecular weight is 273 g/mol. The Balaban J connectivity index is 3.03. The summed E-state index contributed by atoms with van der Waals surface area (Å²) in [6.07, 6.45) is 0. The minimum absolute atomic E-state index is 0.0125. The van der Waals surface area contributed by atoms with E-state index in [2.05, 4.69) is 5.32 Å². The number of nitrogens with one attached hydrogen (secondary N) is 1. The van der Waals surface area contributed by atoms with E-state index in [1.165, 1.54) is 18.2 Å². The van der Waals surface area contributed by atoms with E-state index in [1.807, 2.05) is 0 Å². The molecule has 0 aliphatic heterocycles. The molecule has 1 amide bonds. The largest absolute Gasteiger partial charge is 0.325 e. The number of benzene rings is 1. The minimum atomic E-state index is -0.862. The predicted molar refractivity (Wildman–Crippen MR) is 72.1 cm³/mol. The monoisotopic (exact) mass is 272 g/mol. The summed E-state index contributed by atoms with van der Waals surface area (Å²) in [5.41, 5.74) is 4.34. The Hall–Kier alpha value is -1.13. The van der Waals surface area contributed by atoms with Gasteiger partial charge in [0.15, 0.2) is 0 Å². The molecular weight excluding hydrogens is 255 g/mol. The van der Waals surface area contributed by atoms with E-state index in [9.17, 15) is 9.18 Å². The van der Waals surface area contributed by atoms with Crippen molar-refractivity contribution >= 4 is 23.2 Å². The van der Waals surface area contributed by atoms with Crippen LogP contribution in [0.15, 0.2) is 18.2 Å². The number of rotatable bonds is 3. The van der Waals surface area contributed by atoms with Crippen LogP contribution in [0.1, 0.15) is 27.7 Å². The third-order valence-corrected chi connectivity index (χ3v) is 3.69. The van der Waals surface area contributed by atoms with Gasteiger partial charge < -0.3 is 11.1 Å². The highest BCUT2D eigenvalue weighted by atomic mass is 35.5. The first-order chi connectivity index (χ1) is 8.07. The van der Waals surface area contributed by atoms with Crippen molar-refractivity contribution in [2.24, 2.45) is 11.1 Å². The zero-order chi connectivity index (χ0) is 14.1. The number of nitrogens with two attached hydrogens (primary N) is 1. The number of hydrogen-bond donors (Lipinski definition) is 2. The van der Waals surface area contributed by atoms with Gasteiger partial charge in [-0.25, -0.2) is 4.39 Å². The van der Waals surface area contributed by atoms with E-state index in [0.29, 0.717) is 0 Å². The standard InChI is InChI=1S/C13H18ClFN2O/c1-12(2,13(3,4)16)11(18)17-10-8(14)6-5-7-9(10)15/h5-7H,16H2,1-4H3,(H,17,18). The number of carbonyl (C=O) groups excluding carboxylic acids is 1. The van der Waals surface area contributed by atoms with Crippen LogP contribution in [0.4, 0.5) is 10.1 Å². The molecule has 0 radical (unpaired) electrons. The summed E-state index contributed by atoms with van der Waals surface area (Å²) < 4.78 is 13.6. The molecular formula is C13H18ClFN2O. The van der Waals surface area contributed by atoms with Crippen LogP contribution in [0.25, 0.3) is 0 Å². The van der Waals surface area contributed by atoms with Gasteiger partial charge in [-0.15, -0.1) is 0 Å². The summed E-state index contributed by atoms with van der Waals surface area (Å²) in [5.74, 6) is -0.941. The van der Waals surface area contributed by atoms with Crippen molar-refractivity contribution in [2.75, 3.05) is 5.32 Å². The van der Waals surface area contributed by atoms with Gasteiger partial charge in [0.2, 0.25) is 5.91 Å². The number of amides is 1. The maximum Gasteiger partial charge on any atom is 0.231 e. The fourth-order valence-corrected chi connectivity index (χ4v) is 1.39. The lowest BCUT2D eigenvalue weighted by atomic mass is 9.74. The van der Waals surface area contributed by atoms with Crippen LogP contribution >= 0.6 is 11.6 Å². The van der Waals surface area contributed by atoms with Crippen molar-refractivity contribution in [3.63, 3.8) is 0 Å². The summed E-state index contributed by atoms with van der Waals surface area (Å²) in [7, 11) is 0. The number of halogens is 2. The van der Waals surface area contributed by atoms with Crippen LogP contribution in [0, 0.1) is 11.2 Å². The fraction of sp³-hybridized carbons (Fsp3) is 0.462. The van der Waals surface area contributed by atoms with Crippen LogP contribution in [-0.4, -0.2) is 11.4 Å². The second-order valence-corrected chi connectivity index (χ2v) is 5.80. The van der Waals surface area contributed by atoms with E-state index in [4.69, 9.17) is 17.3 Å².